The zero-order chi connectivity index (χ0) is 14.8. The maximum Gasteiger partial charge on any atom is 0.134 e. The Hall–Kier alpha value is -1.77. The quantitative estimate of drug-likeness (QED) is 0.649. The first kappa shape index (κ1) is 14.2. The number of hydrogen-bond donors (Lipinski definition) is 1. The number of nitrogens with one attached hydrogen (secondary N) is 1. The van der Waals surface area contributed by atoms with Crippen molar-refractivity contribution in [1.29, 1.82) is 0 Å². The zero-order valence-electron chi connectivity index (χ0n) is 11.5. The van der Waals surface area contributed by atoms with E-state index < -0.39 is 0 Å². The summed E-state index contributed by atoms with van der Waals surface area (Å²) in [6.07, 6.45) is 0. The topological polar surface area (TPSA) is 24.9 Å². The van der Waals surface area contributed by atoms with Crippen LogP contribution in [0.5, 0.6) is 0 Å². The minimum atomic E-state index is 0.524. The molecular weight excluding hydrogens is 303 g/mol. The zero-order valence-corrected chi connectivity index (χ0v) is 13.0. The summed E-state index contributed by atoms with van der Waals surface area (Å²) in [6.45, 7) is 2.62. The predicted molar refractivity (Wildman–Crippen MR) is 90.3 cm³/mol. The number of para-hydroxylation sites is 2. The van der Waals surface area contributed by atoms with Crippen LogP contribution in [0.2, 0.25) is 10.2 Å². The van der Waals surface area contributed by atoms with Crippen LogP contribution in [0.1, 0.15) is 11.1 Å². The summed E-state index contributed by atoms with van der Waals surface area (Å²) in [5, 5.41) is 5.60. The summed E-state index contributed by atoms with van der Waals surface area (Å²) in [5.41, 5.74) is 3.92. The molecule has 3 aromatic rings. The predicted octanol–water partition coefficient (Wildman–Crippen LogP) is 5.46. The smallest absolute Gasteiger partial charge is 0.134 e. The van der Waals surface area contributed by atoms with E-state index in [9.17, 15) is 0 Å². The van der Waals surface area contributed by atoms with Crippen molar-refractivity contribution in [1.82, 2.24) is 4.98 Å². The summed E-state index contributed by atoms with van der Waals surface area (Å²) in [7, 11) is 0. The van der Waals surface area contributed by atoms with Crippen LogP contribution in [0.4, 0.5) is 5.69 Å². The Morgan fingerprint density at radius 2 is 1.86 bits per heavy atom. The number of pyridine rings is 1. The van der Waals surface area contributed by atoms with Gasteiger partial charge in [0.2, 0.25) is 0 Å². The van der Waals surface area contributed by atoms with Gasteiger partial charge >= 0.3 is 0 Å². The van der Waals surface area contributed by atoms with Crippen molar-refractivity contribution in [2.45, 2.75) is 13.5 Å². The Morgan fingerprint density at radius 1 is 1.05 bits per heavy atom. The molecule has 0 unspecified atom stereocenters. The molecule has 0 aliphatic heterocycles. The molecule has 1 heterocycles. The number of benzene rings is 2. The van der Waals surface area contributed by atoms with Crippen LogP contribution < -0.4 is 5.32 Å². The molecule has 0 atom stereocenters. The third-order valence-electron chi connectivity index (χ3n) is 3.42. The largest absolute Gasteiger partial charge is 0.380 e. The second-order valence-corrected chi connectivity index (χ2v) is 5.68. The van der Waals surface area contributed by atoms with E-state index in [0.717, 1.165) is 27.7 Å². The van der Waals surface area contributed by atoms with Gasteiger partial charge in [-0.3, -0.25) is 0 Å². The van der Waals surface area contributed by atoms with E-state index in [1.165, 1.54) is 0 Å². The number of halogens is 2. The normalized spacial score (nSPS) is 10.8. The minimum Gasteiger partial charge on any atom is -0.380 e. The van der Waals surface area contributed by atoms with E-state index in [2.05, 4.69) is 16.4 Å². The van der Waals surface area contributed by atoms with Crippen LogP contribution in [0.15, 0.2) is 48.5 Å². The van der Waals surface area contributed by atoms with Crippen molar-refractivity contribution >= 4 is 39.8 Å². The number of aromatic nitrogens is 1. The number of anilines is 1. The molecule has 2 aromatic carbocycles. The van der Waals surface area contributed by atoms with Crippen LogP contribution in [-0.4, -0.2) is 4.98 Å². The molecule has 0 aliphatic rings. The lowest BCUT2D eigenvalue weighted by molar-refractivity contribution is 1.13. The van der Waals surface area contributed by atoms with Gasteiger partial charge in [-0.1, -0.05) is 53.5 Å². The highest BCUT2D eigenvalue weighted by Gasteiger charge is 2.07. The lowest BCUT2D eigenvalue weighted by atomic mass is 10.1. The molecule has 21 heavy (non-hydrogen) atoms. The summed E-state index contributed by atoms with van der Waals surface area (Å²) >= 11 is 12.4. The Kier molecular flexibility index (Phi) is 4.00. The molecule has 106 valence electrons. The SMILES string of the molecule is Cc1cccc2cc(CNc3ccccc3Cl)c(Cl)nc12. The van der Waals surface area contributed by atoms with Crippen LogP contribution in [0, 0.1) is 6.92 Å². The molecule has 1 aromatic heterocycles. The van der Waals surface area contributed by atoms with Crippen molar-refractivity contribution in [3.05, 3.63) is 69.8 Å². The van der Waals surface area contributed by atoms with E-state index in [1.54, 1.807) is 0 Å². The molecular formula is C17H14Cl2N2. The van der Waals surface area contributed by atoms with E-state index in [4.69, 9.17) is 23.2 Å². The van der Waals surface area contributed by atoms with Crippen molar-refractivity contribution in [3.8, 4) is 0 Å². The standard InChI is InChI=1S/C17H14Cl2N2/c1-11-5-4-6-12-9-13(17(19)21-16(11)12)10-20-15-8-3-2-7-14(15)18/h2-9,20H,10H2,1H3. The van der Waals surface area contributed by atoms with E-state index in [0.29, 0.717) is 16.7 Å². The van der Waals surface area contributed by atoms with Gasteiger partial charge in [0.25, 0.3) is 0 Å². The average molecular weight is 317 g/mol. The highest BCUT2D eigenvalue weighted by molar-refractivity contribution is 6.33. The second-order valence-electron chi connectivity index (χ2n) is 4.92. The first-order valence-corrected chi connectivity index (χ1v) is 7.44. The number of nitrogens with zero attached hydrogens (tertiary/aromatic N) is 1. The molecule has 2 nitrogen and oxygen atoms in total. The Balaban J connectivity index is 1.91. The Labute approximate surface area is 133 Å². The first-order chi connectivity index (χ1) is 10.1. The number of rotatable bonds is 3. The molecule has 0 aliphatic carbocycles. The van der Waals surface area contributed by atoms with Crippen LogP contribution >= 0.6 is 23.2 Å². The van der Waals surface area contributed by atoms with Gasteiger partial charge in [-0.2, -0.15) is 0 Å². The fraction of sp³-hybridized carbons (Fsp3) is 0.118. The van der Waals surface area contributed by atoms with E-state index in [1.807, 2.05) is 49.4 Å². The second kappa shape index (κ2) is 5.92. The minimum absolute atomic E-state index is 0.524. The Bertz CT molecular complexity index is 800. The molecule has 1 N–H and O–H groups in total. The van der Waals surface area contributed by atoms with Gasteiger partial charge in [-0.25, -0.2) is 4.98 Å². The fourth-order valence-corrected chi connectivity index (χ4v) is 2.70. The molecule has 3 rings (SSSR count). The molecule has 0 amide bonds. The van der Waals surface area contributed by atoms with Crippen LogP contribution in [0.25, 0.3) is 10.9 Å². The lowest BCUT2D eigenvalue weighted by Gasteiger charge is -2.11. The van der Waals surface area contributed by atoms with Crippen molar-refractivity contribution < 1.29 is 0 Å². The van der Waals surface area contributed by atoms with Gasteiger partial charge in [0.1, 0.15) is 5.15 Å². The summed E-state index contributed by atoms with van der Waals surface area (Å²) in [4.78, 5) is 4.50. The molecule has 0 fully saturated rings. The van der Waals surface area contributed by atoms with Crippen molar-refractivity contribution in [2.75, 3.05) is 5.32 Å². The highest BCUT2D eigenvalue weighted by Crippen LogP contribution is 2.25. The maximum atomic E-state index is 6.30. The number of aryl methyl sites for hydroxylation is 1. The molecule has 0 saturated heterocycles. The van der Waals surface area contributed by atoms with Gasteiger partial charge in [-0.15, -0.1) is 0 Å². The fourth-order valence-electron chi connectivity index (χ4n) is 2.29. The number of fused-ring (bicyclic) bond motifs is 1. The first-order valence-electron chi connectivity index (χ1n) is 6.68. The van der Waals surface area contributed by atoms with Crippen LogP contribution in [-0.2, 0) is 6.54 Å². The lowest BCUT2D eigenvalue weighted by Crippen LogP contribution is -2.02. The van der Waals surface area contributed by atoms with Gasteiger partial charge in [0.15, 0.2) is 0 Å². The van der Waals surface area contributed by atoms with Crippen LogP contribution in [0.3, 0.4) is 0 Å². The van der Waals surface area contributed by atoms with Crippen molar-refractivity contribution in [3.63, 3.8) is 0 Å². The summed E-state index contributed by atoms with van der Waals surface area (Å²) in [6, 6.07) is 15.8. The summed E-state index contributed by atoms with van der Waals surface area (Å²) in [5.74, 6) is 0. The van der Waals surface area contributed by atoms with Gasteiger partial charge in [-0.05, 0) is 30.7 Å². The molecule has 0 radical (unpaired) electrons. The van der Waals surface area contributed by atoms with E-state index in [-0.39, 0.29) is 0 Å². The summed E-state index contributed by atoms with van der Waals surface area (Å²) < 4.78 is 0. The highest BCUT2D eigenvalue weighted by atomic mass is 35.5. The third kappa shape index (κ3) is 2.97. The molecule has 0 spiro atoms. The Morgan fingerprint density at radius 3 is 2.67 bits per heavy atom. The average Bonchev–Trinajstić information content (AvgIpc) is 2.48. The van der Waals surface area contributed by atoms with Crippen molar-refractivity contribution in [2.24, 2.45) is 0 Å². The monoisotopic (exact) mass is 316 g/mol. The molecule has 0 saturated carbocycles. The van der Waals surface area contributed by atoms with Gasteiger partial charge in [0.05, 0.1) is 16.2 Å². The van der Waals surface area contributed by atoms with E-state index >= 15 is 0 Å². The van der Waals surface area contributed by atoms with Gasteiger partial charge in [0, 0.05) is 17.5 Å². The maximum absolute atomic E-state index is 6.30. The molecule has 0 bridgehead atoms. The third-order valence-corrected chi connectivity index (χ3v) is 4.07. The van der Waals surface area contributed by atoms with Gasteiger partial charge < -0.3 is 5.32 Å². The molecule has 4 heteroatoms. The number of hydrogen-bond acceptors (Lipinski definition) is 2.